The van der Waals surface area contributed by atoms with Gasteiger partial charge in [0.15, 0.2) is 38.8 Å². The number of thiazole rings is 2. The van der Waals surface area contributed by atoms with Gasteiger partial charge in [-0.3, -0.25) is 9.47 Å². The normalized spacial score (nSPS) is 13.2. The van der Waals surface area contributed by atoms with Gasteiger partial charge in [-0.1, -0.05) is 55.0 Å². The van der Waals surface area contributed by atoms with E-state index < -0.39 is 19.9 Å². The number of halogens is 1. The van der Waals surface area contributed by atoms with E-state index in [0.717, 1.165) is 55.7 Å². The van der Waals surface area contributed by atoms with Crippen LogP contribution < -0.4 is 14.4 Å². The zero-order valence-electron chi connectivity index (χ0n) is 33.3. The lowest BCUT2D eigenvalue weighted by molar-refractivity contribution is 0.0519. The summed E-state index contributed by atoms with van der Waals surface area (Å²) in [5.41, 5.74) is 3.97. The Bertz CT molecular complexity index is 2300. The van der Waals surface area contributed by atoms with Crippen LogP contribution in [0.5, 0.6) is 5.75 Å². The van der Waals surface area contributed by atoms with E-state index in [1.165, 1.54) is 17.4 Å². The van der Waals surface area contributed by atoms with Crippen LogP contribution in [0.2, 0.25) is 25.7 Å². The molecule has 11 nitrogen and oxygen atoms in total. The molecule has 0 spiro atoms. The minimum Gasteiger partial charge on any atom is -0.491 e. The number of rotatable bonds is 15. The number of nitrogens with zero attached hydrogens (tertiary/aromatic N) is 7. The molecule has 6 rings (SSSR count). The van der Waals surface area contributed by atoms with Gasteiger partial charge in [-0.25, -0.2) is 14.2 Å². The molecule has 296 valence electrons. The van der Waals surface area contributed by atoms with E-state index in [1.807, 2.05) is 43.0 Å². The maximum absolute atomic E-state index is 14.8. The average molecular weight is 816 g/mol. The molecule has 0 N–H and O–H groups in total. The number of anilines is 2. The molecule has 5 aromatic rings. The molecule has 4 heterocycles. The van der Waals surface area contributed by atoms with Crippen LogP contribution in [0.3, 0.4) is 0 Å². The van der Waals surface area contributed by atoms with Gasteiger partial charge in [0.05, 0.1) is 30.0 Å². The van der Waals surface area contributed by atoms with Gasteiger partial charge in [-0.05, 0) is 90.0 Å². The molecule has 0 radical (unpaired) electrons. The second kappa shape index (κ2) is 18.7. The zero-order valence-corrected chi connectivity index (χ0v) is 35.9. The highest BCUT2D eigenvalue weighted by atomic mass is 32.1. The van der Waals surface area contributed by atoms with Gasteiger partial charge < -0.3 is 19.1 Å². The number of carbonyl (C=O) groups is 1. The topological polar surface area (TPSA) is 107 Å². The Kier molecular flexibility index (Phi) is 13.7. The summed E-state index contributed by atoms with van der Waals surface area (Å²) in [7, 11) is 2.64. The molecular weight excluding hydrogens is 766 g/mol. The quantitative estimate of drug-likeness (QED) is 0.0448. The minimum absolute atomic E-state index is 0.164. The van der Waals surface area contributed by atoms with E-state index in [4.69, 9.17) is 29.3 Å². The van der Waals surface area contributed by atoms with Crippen LogP contribution in [0.1, 0.15) is 51.8 Å². The highest BCUT2D eigenvalue weighted by Gasteiger charge is 2.29. The van der Waals surface area contributed by atoms with Crippen LogP contribution >= 0.6 is 22.7 Å². The molecule has 0 amide bonds. The van der Waals surface area contributed by atoms with Crippen molar-refractivity contribution in [1.29, 1.82) is 0 Å². The van der Waals surface area contributed by atoms with Crippen molar-refractivity contribution in [1.82, 2.24) is 24.6 Å². The highest BCUT2D eigenvalue weighted by Crippen LogP contribution is 2.39. The first-order valence-corrected chi connectivity index (χ1v) is 24.3. The SMILES string of the molecule is CCOC(=O)c1nc(N2CCCc3c2nnc(/N=c2\sc4ccccc4n2COCC[Si](C)(C)C)c3C)sc1CCCOc1ccc(C#CCN(C)C)cc1F. The molecule has 0 aliphatic carbocycles. The Labute approximate surface area is 337 Å². The Morgan fingerprint density at radius 1 is 1.11 bits per heavy atom. The first kappa shape index (κ1) is 41.2. The lowest BCUT2D eigenvalue weighted by atomic mass is 10.0. The summed E-state index contributed by atoms with van der Waals surface area (Å²) in [4.78, 5) is 28.5. The number of ether oxygens (including phenoxy) is 3. The highest BCUT2D eigenvalue weighted by molar-refractivity contribution is 7.16. The van der Waals surface area contributed by atoms with Crippen molar-refractivity contribution >= 4 is 63.7 Å². The van der Waals surface area contributed by atoms with Gasteiger partial charge in [0, 0.05) is 42.8 Å². The molecule has 0 saturated carbocycles. The molecule has 0 fully saturated rings. The van der Waals surface area contributed by atoms with Crippen LogP contribution in [0.4, 0.5) is 21.2 Å². The molecular formula is C41H50FN7O4S2Si. The van der Waals surface area contributed by atoms with Gasteiger partial charge >= 0.3 is 5.97 Å². The predicted molar refractivity (Wildman–Crippen MR) is 225 cm³/mol. The van der Waals surface area contributed by atoms with Crippen molar-refractivity contribution in [2.75, 3.05) is 51.9 Å². The van der Waals surface area contributed by atoms with Crippen LogP contribution in [0.25, 0.3) is 10.2 Å². The number of hydrogen-bond donors (Lipinski definition) is 0. The van der Waals surface area contributed by atoms with Crippen molar-refractivity contribution in [3.63, 3.8) is 0 Å². The van der Waals surface area contributed by atoms with Gasteiger partial charge in [0.25, 0.3) is 0 Å². The second-order valence-electron chi connectivity index (χ2n) is 15.1. The van der Waals surface area contributed by atoms with Crippen LogP contribution in [-0.4, -0.2) is 85.7 Å². The zero-order chi connectivity index (χ0) is 39.8. The van der Waals surface area contributed by atoms with Crippen molar-refractivity contribution in [2.45, 2.75) is 71.9 Å². The van der Waals surface area contributed by atoms with E-state index in [-0.39, 0.29) is 24.7 Å². The molecule has 0 bridgehead atoms. The molecule has 56 heavy (non-hydrogen) atoms. The number of aromatic nitrogens is 4. The molecule has 2 aromatic carbocycles. The van der Waals surface area contributed by atoms with Crippen molar-refractivity contribution in [3.05, 3.63) is 80.3 Å². The molecule has 0 atom stereocenters. The van der Waals surface area contributed by atoms with E-state index in [0.29, 0.717) is 55.8 Å². The third-order valence-electron chi connectivity index (χ3n) is 9.12. The van der Waals surface area contributed by atoms with Crippen LogP contribution in [0.15, 0.2) is 47.5 Å². The number of para-hydroxylation sites is 1. The van der Waals surface area contributed by atoms with E-state index >= 15 is 0 Å². The number of hydrogen-bond acceptors (Lipinski definition) is 12. The summed E-state index contributed by atoms with van der Waals surface area (Å²) < 4.78 is 35.4. The van der Waals surface area contributed by atoms with E-state index in [9.17, 15) is 9.18 Å². The van der Waals surface area contributed by atoms with Gasteiger partial charge in [0.2, 0.25) is 0 Å². The average Bonchev–Trinajstić information content (AvgIpc) is 3.74. The van der Waals surface area contributed by atoms with E-state index in [1.54, 1.807) is 30.4 Å². The number of aryl methyl sites for hydroxylation is 1. The monoisotopic (exact) mass is 815 g/mol. The summed E-state index contributed by atoms with van der Waals surface area (Å²) in [5, 5.41) is 10.0. The maximum Gasteiger partial charge on any atom is 0.358 e. The fraction of sp³-hybridized carbons (Fsp3) is 0.439. The van der Waals surface area contributed by atoms with Crippen molar-refractivity contribution in [2.24, 2.45) is 4.99 Å². The van der Waals surface area contributed by atoms with Crippen molar-refractivity contribution in [3.8, 4) is 17.6 Å². The number of fused-ring (bicyclic) bond motifs is 2. The summed E-state index contributed by atoms with van der Waals surface area (Å²) >= 11 is 3.04. The smallest absolute Gasteiger partial charge is 0.358 e. The Morgan fingerprint density at radius 2 is 1.93 bits per heavy atom. The summed E-state index contributed by atoms with van der Waals surface area (Å²) in [5.74, 6) is 6.50. The maximum atomic E-state index is 14.8. The Balaban J connectivity index is 1.21. The lowest BCUT2D eigenvalue weighted by Crippen LogP contribution is -2.27. The number of esters is 1. The lowest BCUT2D eigenvalue weighted by Gasteiger charge is -2.28. The standard InChI is InChI=1S/C41H50FN7O4S2Si/c1-8-52-39(50)36-35(18-13-23-53-33-20-19-29(26-31(33)42)14-11-21-47(3)4)55-40(43-36)48-22-12-15-30-28(2)37(45-46-38(30)48)44-41-49(27-51-24-25-56(5,6)7)32-16-9-10-17-34(32)54-41/h9-10,16-17,19-20,26H,8,12-13,15,18,21-25,27H2,1-7H3/b44-41-. The number of carbonyl (C=O) groups excluding carboxylic acids is 1. The van der Waals surface area contributed by atoms with Gasteiger partial charge in [-0.2, -0.15) is 4.99 Å². The van der Waals surface area contributed by atoms with Crippen LogP contribution in [-0.2, 0) is 29.0 Å². The summed E-state index contributed by atoms with van der Waals surface area (Å²) in [6.07, 6.45) is 2.74. The molecule has 1 aliphatic rings. The first-order valence-electron chi connectivity index (χ1n) is 19.0. The Hall–Kier alpha value is -4.46. The predicted octanol–water partition coefficient (Wildman–Crippen LogP) is 8.13. The molecule has 0 unspecified atom stereocenters. The third-order valence-corrected chi connectivity index (χ3v) is 13.0. The third kappa shape index (κ3) is 10.3. The fourth-order valence-electron chi connectivity index (χ4n) is 6.11. The van der Waals surface area contributed by atoms with Crippen molar-refractivity contribution < 1.29 is 23.4 Å². The molecule has 15 heteroatoms. The minimum atomic E-state index is -1.22. The summed E-state index contributed by atoms with van der Waals surface area (Å²) in [6.45, 7) is 13.8. The van der Waals surface area contributed by atoms with Gasteiger partial charge in [0.1, 0.15) is 6.73 Å². The second-order valence-corrected chi connectivity index (χ2v) is 22.8. The number of benzene rings is 2. The molecule has 1 aliphatic heterocycles. The van der Waals surface area contributed by atoms with E-state index in [2.05, 4.69) is 53.3 Å². The molecule has 0 saturated heterocycles. The van der Waals surface area contributed by atoms with Crippen LogP contribution in [0, 0.1) is 24.6 Å². The summed E-state index contributed by atoms with van der Waals surface area (Å²) in [6, 6.07) is 14.1. The fourth-order valence-corrected chi connectivity index (χ4v) is 9.00. The Morgan fingerprint density at radius 3 is 2.70 bits per heavy atom. The largest absolute Gasteiger partial charge is 0.491 e. The first-order chi connectivity index (χ1) is 26.9. The van der Waals surface area contributed by atoms with Gasteiger partial charge in [-0.15, -0.1) is 21.5 Å². The molecule has 3 aromatic heterocycles.